The average molecular weight is 480 g/mol. The Hall–Kier alpha value is -3.22. The van der Waals surface area contributed by atoms with E-state index >= 15 is 0 Å². The van der Waals surface area contributed by atoms with Gasteiger partial charge in [-0.3, -0.25) is 14.5 Å². The van der Waals surface area contributed by atoms with Crippen molar-refractivity contribution in [3.63, 3.8) is 0 Å². The maximum Gasteiger partial charge on any atom is 0.293 e. The highest BCUT2D eigenvalue weighted by molar-refractivity contribution is 8.18. The summed E-state index contributed by atoms with van der Waals surface area (Å²) in [6.45, 7) is 2.61. The molecule has 0 radical (unpaired) electrons. The van der Waals surface area contributed by atoms with Crippen molar-refractivity contribution in [1.82, 2.24) is 4.90 Å². The molecule has 1 heterocycles. The van der Waals surface area contributed by atoms with Crippen LogP contribution in [0.3, 0.4) is 0 Å². The topological polar surface area (TPSA) is 55.8 Å². The van der Waals surface area contributed by atoms with Gasteiger partial charge < -0.3 is 9.47 Å². The van der Waals surface area contributed by atoms with Crippen LogP contribution in [-0.2, 0) is 17.9 Å². The smallest absolute Gasteiger partial charge is 0.293 e. The molecule has 0 unspecified atom stereocenters. The number of ether oxygens (including phenoxy) is 2. The monoisotopic (exact) mass is 479 g/mol. The van der Waals surface area contributed by atoms with Crippen molar-refractivity contribution in [2.24, 2.45) is 0 Å². The van der Waals surface area contributed by atoms with Gasteiger partial charge in [0.15, 0.2) is 11.5 Å². The van der Waals surface area contributed by atoms with Crippen LogP contribution in [0.4, 0.5) is 4.79 Å². The lowest BCUT2D eigenvalue weighted by atomic mass is 10.1. The minimum atomic E-state index is -0.299. The molecule has 0 aliphatic carbocycles. The molecule has 0 aromatic heterocycles. The van der Waals surface area contributed by atoms with E-state index in [1.165, 1.54) is 4.90 Å². The van der Waals surface area contributed by atoms with Crippen molar-refractivity contribution in [2.45, 2.75) is 20.1 Å². The Bertz CT molecular complexity index is 1210. The fourth-order valence-corrected chi connectivity index (χ4v) is 4.26. The van der Waals surface area contributed by atoms with E-state index in [-0.39, 0.29) is 17.7 Å². The molecule has 33 heavy (non-hydrogen) atoms. The molecule has 0 atom stereocenters. The number of carbonyl (C=O) groups excluding carboxylic acids is 2. The summed E-state index contributed by atoms with van der Waals surface area (Å²) >= 11 is 6.86. The lowest BCUT2D eigenvalue weighted by molar-refractivity contribution is -0.123. The van der Waals surface area contributed by atoms with E-state index in [0.717, 1.165) is 34.0 Å². The molecule has 168 valence electrons. The van der Waals surface area contributed by atoms with Gasteiger partial charge in [-0.1, -0.05) is 59.6 Å². The average Bonchev–Trinajstić information content (AvgIpc) is 3.07. The molecule has 1 aliphatic rings. The predicted octanol–water partition coefficient (Wildman–Crippen LogP) is 6.47. The van der Waals surface area contributed by atoms with Crippen LogP contribution in [0.2, 0.25) is 5.02 Å². The fourth-order valence-electron chi connectivity index (χ4n) is 3.30. The molecule has 4 rings (SSSR count). The number of benzene rings is 3. The number of rotatable bonds is 7. The van der Waals surface area contributed by atoms with Crippen LogP contribution in [0, 0.1) is 6.92 Å². The Balaban J connectivity index is 1.47. The van der Waals surface area contributed by atoms with Gasteiger partial charge in [-0.2, -0.15) is 0 Å². The minimum Gasteiger partial charge on any atom is -0.493 e. The number of carbonyl (C=O) groups is 2. The highest BCUT2D eigenvalue weighted by Gasteiger charge is 2.35. The van der Waals surface area contributed by atoms with Gasteiger partial charge in [-0.15, -0.1) is 0 Å². The fraction of sp³-hybridized carbons (Fsp3) is 0.154. The summed E-state index contributed by atoms with van der Waals surface area (Å²) in [7, 11) is 1.56. The van der Waals surface area contributed by atoms with E-state index < -0.39 is 0 Å². The molecule has 1 saturated heterocycles. The Morgan fingerprint density at radius 1 is 0.939 bits per heavy atom. The number of hydrogen-bond acceptors (Lipinski definition) is 5. The van der Waals surface area contributed by atoms with Crippen molar-refractivity contribution < 1.29 is 19.1 Å². The Kier molecular flexibility index (Phi) is 7.06. The standard InChI is InChI=1S/C26H22ClNO4S/c1-17-3-5-18(6-4-17)15-28-25(29)24(33-26(28)30)14-20-9-12-22(23(13-20)31-2)32-16-19-7-10-21(27)11-8-19/h3-14H,15-16H2,1-2H3. The first-order chi connectivity index (χ1) is 15.9. The van der Waals surface area contributed by atoms with Crippen LogP contribution in [0.1, 0.15) is 22.3 Å². The molecule has 1 fully saturated rings. The predicted molar refractivity (Wildman–Crippen MR) is 131 cm³/mol. The van der Waals surface area contributed by atoms with E-state index in [4.69, 9.17) is 21.1 Å². The van der Waals surface area contributed by atoms with Gasteiger partial charge in [0.1, 0.15) is 6.61 Å². The molecule has 0 bridgehead atoms. The highest BCUT2D eigenvalue weighted by atomic mass is 35.5. The number of aryl methyl sites for hydroxylation is 1. The van der Waals surface area contributed by atoms with Gasteiger partial charge >= 0.3 is 0 Å². The zero-order valence-electron chi connectivity index (χ0n) is 18.2. The summed E-state index contributed by atoms with van der Waals surface area (Å²) in [5, 5.41) is 0.394. The van der Waals surface area contributed by atoms with E-state index in [1.807, 2.05) is 61.5 Å². The van der Waals surface area contributed by atoms with Crippen LogP contribution in [-0.4, -0.2) is 23.2 Å². The molecule has 5 nitrogen and oxygen atoms in total. The van der Waals surface area contributed by atoms with Gasteiger partial charge in [-0.25, -0.2) is 0 Å². The molecule has 1 aliphatic heterocycles. The second-order valence-electron chi connectivity index (χ2n) is 7.58. The highest BCUT2D eigenvalue weighted by Crippen LogP contribution is 2.35. The van der Waals surface area contributed by atoms with Crippen molar-refractivity contribution >= 4 is 40.6 Å². The van der Waals surface area contributed by atoms with Crippen molar-refractivity contribution in [3.05, 3.63) is 98.9 Å². The maximum atomic E-state index is 12.8. The van der Waals surface area contributed by atoms with Gasteiger partial charge in [0.25, 0.3) is 11.1 Å². The molecule has 2 amide bonds. The Morgan fingerprint density at radius 3 is 2.33 bits per heavy atom. The van der Waals surface area contributed by atoms with Crippen molar-refractivity contribution in [1.29, 1.82) is 0 Å². The van der Waals surface area contributed by atoms with Gasteiger partial charge in [0.2, 0.25) is 0 Å². The molecule has 0 spiro atoms. The van der Waals surface area contributed by atoms with Gasteiger partial charge in [0, 0.05) is 5.02 Å². The first-order valence-corrected chi connectivity index (χ1v) is 11.5. The van der Waals surface area contributed by atoms with E-state index in [1.54, 1.807) is 25.3 Å². The van der Waals surface area contributed by atoms with Crippen molar-refractivity contribution in [2.75, 3.05) is 7.11 Å². The van der Waals surface area contributed by atoms with Crippen LogP contribution in [0.5, 0.6) is 11.5 Å². The number of hydrogen-bond donors (Lipinski definition) is 0. The first-order valence-electron chi connectivity index (χ1n) is 10.3. The van der Waals surface area contributed by atoms with E-state index in [9.17, 15) is 9.59 Å². The number of nitrogens with zero attached hydrogens (tertiary/aromatic N) is 1. The number of thioether (sulfide) groups is 1. The summed E-state index contributed by atoms with van der Waals surface area (Å²) in [6, 6.07) is 20.6. The molecular weight excluding hydrogens is 458 g/mol. The number of methoxy groups -OCH3 is 1. The van der Waals surface area contributed by atoms with Crippen LogP contribution in [0.25, 0.3) is 6.08 Å². The molecule has 3 aromatic carbocycles. The summed E-state index contributed by atoms with van der Waals surface area (Å²) < 4.78 is 11.4. The minimum absolute atomic E-state index is 0.253. The SMILES string of the molecule is COc1cc(C=C2SC(=O)N(Cc3ccc(C)cc3)C2=O)ccc1OCc1ccc(Cl)cc1. The summed E-state index contributed by atoms with van der Waals surface area (Å²) in [5.41, 5.74) is 3.76. The second-order valence-corrected chi connectivity index (χ2v) is 9.01. The van der Waals surface area contributed by atoms with Crippen molar-refractivity contribution in [3.8, 4) is 11.5 Å². The third kappa shape index (κ3) is 5.59. The van der Waals surface area contributed by atoms with E-state index in [0.29, 0.717) is 28.0 Å². The number of imide groups is 1. The number of amides is 2. The lowest BCUT2D eigenvalue weighted by Crippen LogP contribution is -2.27. The van der Waals surface area contributed by atoms with Crippen LogP contribution in [0.15, 0.2) is 71.6 Å². The lowest BCUT2D eigenvalue weighted by Gasteiger charge is -2.13. The third-order valence-corrected chi connectivity index (χ3v) is 6.29. The summed E-state index contributed by atoms with van der Waals surface area (Å²) in [6.07, 6.45) is 1.70. The second kappa shape index (κ2) is 10.1. The Morgan fingerprint density at radius 2 is 1.64 bits per heavy atom. The van der Waals surface area contributed by atoms with Gasteiger partial charge in [-0.05, 0) is 65.7 Å². The zero-order chi connectivity index (χ0) is 23.4. The molecular formula is C26H22ClNO4S. The molecule has 3 aromatic rings. The summed E-state index contributed by atoms with van der Waals surface area (Å²) in [5.74, 6) is 0.821. The summed E-state index contributed by atoms with van der Waals surface area (Å²) in [4.78, 5) is 26.9. The largest absolute Gasteiger partial charge is 0.493 e. The zero-order valence-corrected chi connectivity index (χ0v) is 19.8. The molecule has 0 saturated carbocycles. The first kappa shape index (κ1) is 23.0. The molecule has 0 N–H and O–H groups in total. The van der Waals surface area contributed by atoms with E-state index in [2.05, 4.69) is 0 Å². The number of halogens is 1. The molecule has 7 heteroatoms. The normalized spacial score (nSPS) is 14.8. The van der Waals surface area contributed by atoms with Gasteiger partial charge in [0.05, 0.1) is 18.6 Å². The van der Waals surface area contributed by atoms with Crippen LogP contribution < -0.4 is 9.47 Å². The third-order valence-electron chi connectivity index (χ3n) is 5.13. The quantitative estimate of drug-likeness (QED) is 0.363. The Labute approximate surface area is 202 Å². The van der Waals surface area contributed by atoms with Crippen LogP contribution >= 0.6 is 23.4 Å². The maximum absolute atomic E-state index is 12.8.